The van der Waals surface area contributed by atoms with Gasteiger partial charge < -0.3 is 9.64 Å². The maximum atomic E-state index is 12.4. The molecule has 5 heteroatoms. The van der Waals surface area contributed by atoms with E-state index in [1.807, 2.05) is 0 Å². The number of nitrogens with zero attached hydrogens (tertiary/aromatic N) is 3. The third-order valence-corrected chi connectivity index (χ3v) is 8.76. The molecule has 0 amide bonds. The van der Waals surface area contributed by atoms with Gasteiger partial charge in [-0.2, -0.15) is 0 Å². The standard InChI is InChI=1S/C32H45N3O2/c36-32(37-31-26-34-20-15-29(31)16-21-34)14-8-3-9-19-33-22-17-30(18-23-33)35(24-27-10-4-1-5-11-27)25-28-12-6-2-7-13-28/h1-2,4-7,10-13,29-31H,3,8-9,14-26H2/t31-/m0/s1. The van der Waals surface area contributed by atoms with E-state index < -0.39 is 0 Å². The molecular formula is C32H45N3O2. The van der Waals surface area contributed by atoms with E-state index in [-0.39, 0.29) is 12.1 Å². The summed E-state index contributed by atoms with van der Waals surface area (Å²) in [5.41, 5.74) is 2.79. The highest BCUT2D eigenvalue weighted by atomic mass is 16.5. The highest BCUT2D eigenvalue weighted by Gasteiger charge is 2.36. The molecule has 2 aromatic rings. The number of fused-ring (bicyclic) bond motifs is 3. The van der Waals surface area contributed by atoms with Crippen molar-refractivity contribution >= 4 is 5.97 Å². The zero-order valence-corrected chi connectivity index (χ0v) is 22.5. The van der Waals surface area contributed by atoms with Crippen LogP contribution in [0, 0.1) is 5.92 Å². The van der Waals surface area contributed by atoms with Crippen LogP contribution in [0.5, 0.6) is 0 Å². The highest BCUT2D eigenvalue weighted by Crippen LogP contribution is 2.30. The van der Waals surface area contributed by atoms with Crippen molar-refractivity contribution in [2.45, 2.75) is 76.6 Å². The number of likely N-dealkylation sites (tertiary alicyclic amines) is 1. The molecule has 0 saturated carbocycles. The first-order valence-corrected chi connectivity index (χ1v) is 14.7. The molecule has 37 heavy (non-hydrogen) atoms. The molecule has 6 rings (SSSR count). The number of ether oxygens (including phenoxy) is 1. The fourth-order valence-electron chi connectivity index (χ4n) is 6.51. The van der Waals surface area contributed by atoms with E-state index in [2.05, 4.69) is 75.4 Å². The molecule has 5 nitrogen and oxygen atoms in total. The SMILES string of the molecule is O=C(CCCCCN1CCC(N(Cc2ccccc2)Cc2ccccc2)CC1)O[C@H]1CN2CCC1CC2. The van der Waals surface area contributed by atoms with Gasteiger partial charge in [-0.05, 0) is 88.3 Å². The number of carbonyl (C=O) groups is 1. The molecule has 0 aliphatic carbocycles. The Kier molecular flexibility index (Phi) is 9.66. The molecule has 2 bridgehead atoms. The fraction of sp³-hybridized carbons (Fsp3) is 0.594. The van der Waals surface area contributed by atoms with Gasteiger partial charge in [0.05, 0.1) is 0 Å². The fourth-order valence-corrected chi connectivity index (χ4v) is 6.51. The number of benzene rings is 2. The monoisotopic (exact) mass is 503 g/mol. The van der Waals surface area contributed by atoms with E-state index in [0.29, 0.717) is 18.4 Å². The number of unbranched alkanes of at least 4 members (excludes halogenated alkanes) is 2. The van der Waals surface area contributed by atoms with Crippen molar-refractivity contribution in [1.29, 1.82) is 0 Å². The molecular weight excluding hydrogens is 458 g/mol. The second-order valence-corrected chi connectivity index (χ2v) is 11.4. The van der Waals surface area contributed by atoms with Gasteiger partial charge in [-0.3, -0.25) is 14.6 Å². The molecule has 0 N–H and O–H groups in total. The lowest BCUT2D eigenvalue weighted by atomic mass is 9.86. The van der Waals surface area contributed by atoms with Crippen LogP contribution in [0.25, 0.3) is 0 Å². The van der Waals surface area contributed by atoms with E-state index in [1.54, 1.807) is 0 Å². The molecule has 4 fully saturated rings. The van der Waals surface area contributed by atoms with E-state index in [1.165, 1.54) is 69.4 Å². The van der Waals surface area contributed by atoms with Gasteiger partial charge in [0.2, 0.25) is 0 Å². The Labute approximate surface area is 223 Å². The maximum absolute atomic E-state index is 12.4. The topological polar surface area (TPSA) is 36.0 Å². The minimum atomic E-state index is 0.0245. The number of hydrogen-bond acceptors (Lipinski definition) is 5. The lowest BCUT2D eigenvalue weighted by Crippen LogP contribution is -2.51. The summed E-state index contributed by atoms with van der Waals surface area (Å²) in [6.45, 7) is 8.85. The Bertz CT molecular complexity index is 896. The van der Waals surface area contributed by atoms with Gasteiger partial charge in [0.25, 0.3) is 0 Å². The van der Waals surface area contributed by atoms with Crippen LogP contribution in [0.1, 0.15) is 62.5 Å². The van der Waals surface area contributed by atoms with Crippen LogP contribution in [0.2, 0.25) is 0 Å². The van der Waals surface area contributed by atoms with Crippen LogP contribution in [-0.4, -0.2) is 72.1 Å². The van der Waals surface area contributed by atoms with Crippen molar-refractivity contribution in [1.82, 2.24) is 14.7 Å². The van der Waals surface area contributed by atoms with Crippen LogP contribution >= 0.6 is 0 Å². The summed E-state index contributed by atoms with van der Waals surface area (Å²) in [7, 11) is 0. The van der Waals surface area contributed by atoms with Crippen molar-refractivity contribution in [3.05, 3.63) is 71.8 Å². The molecule has 0 spiro atoms. The summed E-state index contributed by atoms with van der Waals surface area (Å²) in [5, 5.41) is 0. The number of piperidine rings is 4. The molecule has 0 radical (unpaired) electrons. The summed E-state index contributed by atoms with van der Waals surface area (Å²) >= 11 is 0. The third-order valence-electron chi connectivity index (χ3n) is 8.76. The molecule has 0 aromatic heterocycles. The highest BCUT2D eigenvalue weighted by molar-refractivity contribution is 5.69. The molecule has 1 atom stereocenters. The summed E-state index contributed by atoms with van der Waals surface area (Å²) in [4.78, 5) is 20.1. The van der Waals surface area contributed by atoms with E-state index >= 15 is 0 Å². The Morgan fingerprint density at radius 3 is 1.97 bits per heavy atom. The summed E-state index contributed by atoms with van der Waals surface area (Å²) in [6.07, 6.45) is 8.84. The first kappa shape index (κ1) is 26.4. The number of hydrogen-bond donors (Lipinski definition) is 0. The largest absolute Gasteiger partial charge is 0.461 e. The van der Waals surface area contributed by atoms with Gasteiger partial charge >= 0.3 is 5.97 Å². The first-order chi connectivity index (χ1) is 18.2. The van der Waals surface area contributed by atoms with E-state index in [9.17, 15) is 4.79 Å². The predicted octanol–water partition coefficient (Wildman–Crippen LogP) is 5.35. The second kappa shape index (κ2) is 13.5. The lowest BCUT2D eigenvalue weighted by Gasteiger charge is -2.43. The molecule has 200 valence electrons. The molecule has 2 aromatic carbocycles. The van der Waals surface area contributed by atoms with Gasteiger partial charge in [0, 0.05) is 32.1 Å². The van der Waals surface area contributed by atoms with Gasteiger partial charge in [-0.1, -0.05) is 67.1 Å². The van der Waals surface area contributed by atoms with Crippen LogP contribution in [0.4, 0.5) is 0 Å². The number of carbonyl (C=O) groups excluding carboxylic acids is 1. The maximum Gasteiger partial charge on any atom is 0.306 e. The second-order valence-electron chi connectivity index (χ2n) is 11.4. The molecule has 4 aliphatic heterocycles. The zero-order chi connectivity index (χ0) is 25.3. The van der Waals surface area contributed by atoms with Crippen molar-refractivity contribution in [2.24, 2.45) is 5.92 Å². The van der Waals surface area contributed by atoms with E-state index in [0.717, 1.165) is 39.0 Å². The van der Waals surface area contributed by atoms with Gasteiger partial charge in [0.1, 0.15) is 6.10 Å². The Hall–Kier alpha value is -2.21. The summed E-state index contributed by atoms with van der Waals surface area (Å²) < 4.78 is 5.85. The summed E-state index contributed by atoms with van der Waals surface area (Å²) in [6, 6.07) is 22.4. The Morgan fingerprint density at radius 1 is 0.784 bits per heavy atom. The minimum Gasteiger partial charge on any atom is -0.461 e. The molecule has 0 unspecified atom stereocenters. The molecule has 4 heterocycles. The van der Waals surface area contributed by atoms with Gasteiger partial charge in [-0.15, -0.1) is 0 Å². The third kappa shape index (κ3) is 7.89. The number of esters is 1. The van der Waals surface area contributed by atoms with Crippen molar-refractivity contribution in [3.8, 4) is 0 Å². The van der Waals surface area contributed by atoms with Crippen molar-refractivity contribution < 1.29 is 9.53 Å². The van der Waals surface area contributed by atoms with Gasteiger partial charge in [-0.25, -0.2) is 0 Å². The summed E-state index contributed by atoms with van der Waals surface area (Å²) in [5.74, 6) is 0.629. The van der Waals surface area contributed by atoms with E-state index in [4.69, 9.17) is 4.74 Å². The quantitative estimate of drug-likeness (QED) is 0.288. The van der Waals surface area contributed by atoms with Crippen LogP contribution in [0.3, 0.4) is 0 Å². The van der Waals surface area contributed by atoms with Crippen LogP contribution in [0.15, 0.2) is 60.7 Å². The smallest absolute Gasteiger partial charge is 0.306 e. The zero-order valence-electron chi connectivity index (χ0n) is 22.5. The van der Waals surface area contributed by atoms with Gasteiger partial charge in [0.15, 0.2) is 0 Å². The minimum absolute atomic E-state index is 0.0245. The molecule has 4 saturated heterocycles. The number of rotatable bonds is 12. The average Bonchev–Trinajstić information content (AvgIpc) is 2.95. The lowest BCUT2D eigenvalue weighted by molar-refractivity contribution is -0.158. The molecule has 4 aliphatic rings. The first-order valence-electron chi connectivity index (χ1n) is 14.7. The van der Waals surface area contributed by atoms with Crippen LogP contribution in [-0.2, 0) is 22.6 Å². The predicted molar refractivity (Wildman–Crippen MR) is 149 cm³/mol. The van der Waals surface area contributed by atoms with Crippen molar-refractivity contribution in [2.75, 3.05) is 39.3 Å². The Balaban J connectivity index is 0.997. The average molecular weight is 504 g/mol. The Morgan fingerprint density at radius 2 is 1.41 bits per heavy atom. The van der Waals surface area contributed by atoms with Crippen LogP contribution < -0.4 is 0 Å². The van der Waals surface area contributed by atoms with Crippen molar-refractivity contribution in [3.63, 3.8) is 0 Å². The normalized spacial score (nSPS) is 24.4.